The van der Waals surface area contributed by atoms with Crippen molar-refractivity contribution in [2.45, 2.75) is 123 Å². The highest BCUT2D eigenvalue weighted by atomic mass is 16.7. The monoisotopic (exact) mass is 617 g/mol. The maximum atomic E-state index is 12.8. The van der Waals surface area contributed by atoms with E-state index in [9.17, 15) is 28.8 Å². The number of nitrogens with zero attached hydrogens (tertiary/aromatic N) is 1. The van der Waals surface area contributed by atoms with Crippen LogP contribution in [-0.4, -0.2) is 58.4 Å². The number of carbonyl (C=O) groups is 6. The molecular formula is C33H47NO10. The summed E-state index contributed by atoms with van der Waals surface area (Å²) in [5.74, 6) is -3.20. The van der Waals surface area contributed by atoms with E-state index >= 15 is 0 Å². The number of imide groups is 1. The third kappa shape index (κ3) is 14.1. The van der Waals surface area contributed by atoms with Gasteiger partial charge in [-0.05, 0) is 85.1 Å². The molecule has 0 aliphatic carbocycles. The zero-order valence-corrected chi connectivity index (χ0v) is 26.9. The van der Waals surface area contributed by atoms with Crippen LogP contribution in [0, 0.1) is 5.92 Å². The van der Waals surface area contributed by atoms with Gasteiger partial charge in [0.2, 0.25) is 0 Å². The second-order valence-electron chi connectivity index (χ2n) is 12.9. The van der Waals surface area contributed by atoms with Crippen molar-refractivity contribution in [3.8, 4) is 5.75 Å². The van der Waals surface area contributed by atoms with Crippen LogP contribution in [0.2, 0.25) is 0 Å². The molecule has 1 heterocycles. The van der Waals surface area contributed by atoms with Crippen LogP contribution in [0.3, 0.4) is 0 Å². The Balaban J connectivity index is 1.68. The molecule has 0 radical (unpaired) electrons. The number of Topliss-reactive ketones (excluding diaryl/α,β-unsaturated/α-hetero) is 1. The Bertz CT molecular complexity index is 1140. The van der Waals surface area contributed by atoms with Crippen LogP contribution in [0.5, 0.6) is 5.75 Å². The predicted molar refractivity (Wildman–Crippen MR) is 160 cm³/mol. The number of benzene rings is 1. The summed E-state index contributed by atoms with van der Waals surface area (Å²) >= 11 is 0. The summed E-state index contributed by atoms with van der Waals surface area (Å²) in [5.41, 5.74) is -0.851. The number of hydroxylamine groups is 2. The first-order valence-electron chi connectivity index (χ1n) is 15.3. The molecule has 11 heteroatoms. The molecule has 1 unspecified atom stereocenters. The number of rotatable bonds is 17. The van der Waals surface area contributed by atoms with E-state index in [1.807, 2.05) is 20.8 Å². The van der Waals surface area contributed by atoms with Gasteiger partial charge in [-0.1, -0.05) is 19.3 Å². The van der Waals surface area contributed by atoms with E-state index < -0.39 is 40.9 Å². The highest BCUT2D eigenvalue weighted by molar-refractivity contribution is 6.01. The molecule has 1 saturated heterocycles. The Kier molecular flexibility index (Phi) is 14.0. The zero-order chi connectivity index (χ0) is 32.9. The minimum absolute atomic E-state index is 0.000558. The molecule has 1 aromatic rings. The molecule has 0 saturated carbocycles. The first-order valence-corrected chi connectivity index (χ1v) is 15.3. The van der Waals surface area contributed by atoms with Gasteiger partial charge in [0.05, 0.1) is 18.1 Å². The standard InChI is InChI=1S/C33H47NO10/c1-32(2,3)42-30(39)23-13-16-26(17-14-23)41-21-11-9-7-8-10-12-25(35)22-24(31(40)43-33(4,5)6)15-20-29(38)44-34-27(36)18-19-28(34)37/h13-14,16-17,24H,7-12,15,18-22H2,1-6H3. The highest BCUT2D eigenvalue weighted by Crippen LogP contribution is 2.22. The lowest BCUT2D eigenvalue weighted by Crippen LogP contribution is -2.33. The lowest BCUT2D eigenvalue weighted by molar-refractivity contribution is -0.197. The van der Waals surface area contributed by atoms with E-state index in [-0.39, 0.29) is 43.9 Å². The van der Waals surface area contributed by atoms with E-state index in [0.717, 1.165) is 25.7 Å². The Hall–Kier alpha value is -3.76. The van der Waals surface area contributed by atoms with Crippen LogP contribution < -0.4 is 4.74 Å². The van der Waals surface area contributed by atoms with Gasteiger partial charge in [0.25, 0.3) is 11.8 Å². The fourth-order valence-corrected chi connectivity index (χ4v) is 4.33. The highest BCUT2D eigenvalue weighted by Gasteiger charge is 2.34. The van der Waals surface area contributed by atoms with Gasteiger partial charge >= 0.3 is 17.9 Å². The van der Waals surface area contributed by atoms with Crippen molar-refractivity contribution in [2.24, 2.45) is 5.92 Å². The molecule has 0 aromatic heterocycles. The molecule has 2 amide bonds. The van der Waals surface area contributed by atoms with Crippen LogP contribution in [0.4, 0.5) is 0 Å². The van der Waals surface area contributed by atoms with Gasteiger partial charge in [-0.3, -0.25) is 19.2 Å². The van der Waals surface area contributed by atoms with Crippen molar-refractivity contribution in [1.29, 1.82) is 0 Å². The first-order chi connectivity index (χ1) is 20.5. The molecule has 0 N–H and O–H groups in total. The third-order valence-corrected chi connectivity index (χ3v) is 6.47. The van der Waals surface area contributed by atoms with Gasteiger partial charge in [0.1, 0.15) is 22.7 Å². The quantitative estimate of drug-likeness (QED) is 0.122. The lowest BCUT2D eigenvalue weighted by Gasteiger charge is -2.23. The van der Waals surface area contributed by atoms with Crippen molar-refractivity contribution < 1.29 is 47.8 Å². The van der Waals surface area contributed by atoms with Crippen LogP contribution in [0.15, 0.2) is 24.3 Å². The average molecular weight is 618 g/mol. The predicted octanol–water partition coefficient (Wildman–Crippen LogP) is 5.67. The van der Waals surface area contributed by atoms with Crippen molar-refractivity contribution in [2.75, 3.05) is 6.61 Å². The summed E-state index contributed by atoms with van der Waals surface area (Å²) in [4.78, 5) is 78.0. The van der Waals surface area contributed by atoms with Gasteiger partial charge in [-0.15, -0.1) is 5.06 Å². The number of amides is 2. The summed E-state index contributed by atoms with van der Waals surface area (Å²) in [7, 11) is 0. The second kappa shape index (κ2) is 16.9. The van der Waals surface area contributed by atoms with E-state index in [4.69, 9.17) is 19.0 Å². The minimum Gasteiger partial charge on any atom is -0.494 e. The smallest absolute Gasteiger partial charge is 0.338 e. The SMILES string of the molecule is CC(C)(C)OC(=O)c1ccc(OCCCCCCCC(=O)CC(CCC(=O)ON2C(=O)CCC2=O)C(=O)OC(C)(C)C)cc1. The van der Waals surface area contributed by atoms with Crippen LogP contribution in [0.25, 0.3) is 0 Å². The number of hydrogen-bond acceptors (Lipinski definition) is 10. The van der Waals surface area contributed by atoms with Gasteiger partial charge in [-0.2, -0.15) is 0 Å². The van der Waals surface area contributed by atoms with Crippen molar-refractivity contribution in [1.82, 2.24) is 5.06 Å². The van der Waals surface area contributed by atoms with Crippen LogP contribution in [-0.2, 0) is 38.3 Å². The number of esters is 2. The molecule has 11 nitrogen and oxygen atoms in total. The summed E-state index contributed by atoms with van der Waals surface area (Å²) < 4.78 is 16.6. The maximum Gasteiger partial charge on any atom is 0.338 e. The fourth-order valence-electron chi connectivity index (χ4n) is 4.33. The first kappa shape index (κ1) is 36.4. The van der Waals surface area contributed by atoms with Crippen molar-refractivity contribution >= 4 is 35.5 Å². The minimum atomic E-state index is -0.838. The molecule has 0 bridgehead atoms. The number of unbranched alkanes of at least 4 members (excludes halogenated alkanes) is 4. The average Bonchev–Trinajstić information content (AvgIpc) is 3.22. The number of ether oxygens (including phenoxy) is 3. The van der Waals surface area contributed by atoms with E-state index in [1.54, 1.807) is 45.0 Å². The Morgan fingerprint density at radius 1 is 0.773 bits per heavy atom. The third-order valence-electron chi connectivity index (χ3n) is 6.47. The summed E-state index contributed by atoms with van der Waals surface area (Å²) in [6.07, 6.45) is 4.18. The Morgan fingerprint density at radius 2 is 1.34 bits per heavy atom. The van der Waals surface area contributed by atoms with Gasteiger partial charge in [0, 0.05) is 32.1 Å². The Morgan fingerprint density at radius 3 is 1.93 bits per heavy atom. The van der Waals surface area contributed by atoms with Gasteiger partial charge in [0.15, 0.2) is 0 Å². The molecule has 1 fully saturated rings. The van der Waals surface area contributed by atoms with Crippen LogP contribution in [0.1, 0.15) is 123 Å². The summed E-state index contributed by atoms with van der Waals surface area (Å²) in [6.45, 7) is 11.1. The molecule has 1 aliphatic heterocycles. The number of carbonyl (C=O) groups excluding carboxylic acids is 6. The maximum absolute atomic E-state index is 12.8. The van der Waals surface area contributed by atoms with E-state index in [2.05, 4.69) is 0 Å². The summed E-state index contributed by atoms with van der Waals surface area (Å²) in [6, 6.07) is 6.85. The van der Waals surface area contributed by atoms with Crippen molar-refractivity contribution in [3.05, 3.63) is 29.8 Å². The fraction of sp³-hybridized carbons (Fsp3) is 0.636. The van der Waals surface area contributed by atoms with Gasteiger partial charge in [-0.25, -0.2) is 9.59 Å². The molecule has 44 heavy (non-hydrogen) atoms. The van der Waals surface area contributed by atoms with Crippen LogP contribution >= 0.6 is 0 Å². The largest absolute Gasteiger partial charge is 0.494 e. The van der Waals surface area contributed by atoms with Crippen molar-refractivity contribution in [3.63, 3.8) is 0 Å². The molecule has 1 aromatic carbocycles. The molecule has 244 valence electrons. The second-order valence-corrected chi connectivity index (χ2v) is 12.9. The molecule has 1 aliphatic rings. The number of hydrogen-bond donors (Lipinski definition) is 0. The van der Waals surface area contributed by atoms with E-state index in [1.165, 1.54) is 0 Å². The lowest BCUT2D eigenvalue weighted by atomic mass is 9.94. The normalized spacial score (nSPS) is 14.3. The molecular weight excluding hydrogens is 570 g/mol. The molecule has 0 spiro atoms. The molecule has 2 rings (SSSR count). The topological polar surface area (TPSA) is 143 Å². The zero-order valence-electron chi connectivity index (χ0n) is 26.9. The summed E-state index contributed by atoms with van der Waals surface area (Å²) in [5, 5.41) is 0.466. The van der Waals surface area contributed by atoms with E-state index in [0.29, 0.717) is 35.8 Å². The van der Waals surface area contributed by atoms with Gasteiger partial charge < -0.3 is 19.0 Å². The number of ketones is 1. The molecule has 1 atom stereocenters. The Labute approximate surface area is 259 Å².